The zero-order chi connectivity index (χ0) is 11.4. The molecule has 2 heterocycles. The molecule has 0 aliphatic carbocycles. The molecule has 0 unspecified atom stereocenters. The van der Waals surface area contributed by atoms with Crippen LogP contribution in [0.15, 0.2) is 18.6 Å². The summed E-state index contributed by atoms with van der Waals surface area (Å²) in [6.45, 7) is 2.54. The Bertz CT molecular complexity index is 357. The third kappa shape index (κ3) is 2.53. The van der Waals surface area contributed by atoms with Crippen molar-refractivity contribution in [3.63, 3.8) is 0 Å². The van der Waals surface area contributed by atoms with Gasteiger partial charge in [-0.25, -0.2) is 0 Å². The molecule has 6 heteroatoms. The van der Waals surface area contributed by atoms with Gasteiger partial charge in [-0.15, -0.1) is 0 Å². The third-order valence-corrected chi connectivity index (χ3v) is 2.62. The van der Waals surface area contributed by atoms with Gasteiger partial charge in [0.15, 0.2) is 0 Å². The van der Waals surface area contributed by atoms with E-state index in [-0.39, 0.29) is 0 Å². The van der Waals surface area contributed by atoms with Crippen LogP contribution in [0.3, 0.4) is 0 Å². The zero-order valence-electron chi connectivity index (χ0n) is 8.83. The number of aromatic nitrogens is 2. The van der Waals surface area contributed by atoms with Gasteiger partial charge in [-0.2, -0.15) is 0 Å². The molecule has 0 saturated carbocycles. The molecular formula is C10H14N4O2. The molecule has 0 amide bonds. The normalized spacial score (nSPS) is 21.9. The largest absolute Gasteiger partial charge is 0.480 e. The molecule has 2 rings (SSSR count). The molecule has 1 atom stereocenters. The molecule has 1 aliphatic heterocycles. The van der Waals surface area contributed by atoms with E-state index in [9.17, 15) is 4.79 Å². The number of carboxylic acids is 1. The molecule has 16 heavy (non-hydrogen) atoms. The first-order valence-corrected chi connectivity index (χ1v) is 5.20. The summed E-state index contributed by atoms with van der Waals surface area (Å²) in [5.74, 6) is -0.795. The molecule has 0 spiro atoms. The maximum absolute atomic E-state index is 11.0. The van der Waals surface area contributed by atoms with Crippen LogP contribution in [0.4, 0.5) is 0 Å². The second-order valence-corrected chi connectivity index (χ2v) is 3.73. The molecule has 1 aromatic rings. The second kappa shape index (κ2) is 5.00. The van der Waals surface area contributed by atoms with Gasteiger partial charge in [0.05, 0.1) is 5.69 Å². The minimum absolute atomic E-state index is 0.476. The Labute approximate surface area is 93.3 Å². The molecule has 86 valence electrons. The summed E-state index contributed by atoms with van der Waals surface area (Å²) in [5.41, 5.74) is 0.802. The fraction of sp³-hybridized carbons (Fsp3) is 0.500. The van der Waals surface area contributed by atoms with Gasteiger partial charge >= 0.3 is 5.97 Å². The van der Waals surface area contributed by atoms with Crippen molar-refractivity contribution in [1.82, 2.24) is 20.2 Å². The highest BCUT2D eigenvalue weighted by Gasteiger charge is 2.28. The predicted octanol–water partition coefficient (Wildman–Crippen LogP) is -0.665. The van der Waals surface area contributed by atoms with Crippen LogP contribution in [0.25, 0.3) is 0 Å². The van der Waals surface area contributed by atoms with Crippen molar-refractivity contribution in [2.24, 2.45) is 0 Å². The fourth-order valence-electron chi connectivity index (χ4n) is 1.80. The van der Waals surface area contributed by atoms with Gasteiger partial charge < -0.3 is 10.4 Å². The SMILES string of the molecule is O=C(O)[C@@H]1CNCCN1Cc1cnccn1. The number of nitrogens with one attached hydrogen (secondary N) is 1. The van der Waals surface area contributed by atoms with E-state index in [0.717, 1.165) is 12.2 Å². The van der Waals surface area contributed by atoms with Crippen molar-refractivity contribution >= 4 is 5.97 Å². The lowest BCUT2D eigenvalue weighted by Gasteiger charge is -2.32. The average molecular weight is 222 g/mol. The highest BCUT2D eigenvalue weighted by atomic mass is 16.4. The summed E-state index contributed by atoms with van der Waals surface area (Å²) >= 11 is 0. The van der Waals surface area contributed by atoms with E-state index >= 15 is 0 Å². The topological polar surface area (TPSA) is 78.4 Å². The van der Waals surface area contributed by atoms with E-state index in [4.69, 9.17) is 5.11 Å². The van der Waals surface area contributed by atoms with Crippen LogP contribution in [-0.4, -0.2) is 51.6 Å². The van der Waals surface area contributed by atoms with Gasteiger partial charge in [0.2, 0.25) is 0 Å². The van der Waals surface area contributed by atoms with Crippen LogP contribution in [0.2, 0.25) is 0 Å². The van der Waals surface area contributed by atoms with Crippen molar-refractivity contribution in [1.29, 1.82) is 0 Å². The molecule has 1 saturated heterocycles. The lowest BCUT2D eigenvalue weighted by molar-refractivity contribution is -0.144. The van der Waals surface area contributed by atoms with Crippen molar-refractivity contribution in [2.45, 2.75) is 12.6 Å². The number of piperazine rings is 1. The van der Waals surface area contributed by atoms with Gasteiger partial charge in [-0.3, -0.25) is 19.7 Å². The Kier molecular flexibility index (Phi) is 3.43. The van der Waals surface area contributed by atoms with Crippen molar-refractivity contribution in [3.8, 4) is 0 Å². The molecule has 1 aliphatic rings. The average Bonchev–Trinajstić information content (AvgIpc) is 2.31. The van der Waals surface area contributed by atoms with Crippen LogP contribution >= 0.6 is 0 Å². The Hall–Kier alpha value is -1.53. The fourth-order valence-corrected chi connectivity index (χ4v) is 1.80. The maximum Gasteiger partial charge on any atom is 0.322 e. The second-order valence-electron chi connectivity index (χ2n) is 3.73. The quantitative estimate of drug-likeness (QED) is 0.706. The number of aliphatic carboxylic acids is 1. The van der Waals surface area contributed by atoms with Crippen LogP contribution in [0.5, 0.6) is 0 Å². The number of rotatable bonds is 3. The van der Waals surface area contributed by atoms with Crippen LogP contribution in [0.1, 0.15) is 5.69 Å². The van der Waals surface area contributed by atoms with Crippen LogP contribution < -0.4 is 5.32 Å². The lowest BCUT2D eigenvalue weighted by atomic mass is 10.2. The third-order valence-electron chi connectivity index (χ3n) is 2.62. The van der Waals surface area contributed by atoms with E-state index in [0.29, 0.717) is 19.6 Å². The number of hydrogen-bond acceptors (Lipinski definition) is 5. The first kappa shape index (κ1) is 11.0. The first-order valence-electron chi connectivity index (χ1n) is 5.20. The smallest absolute Gasteiger partial charge is 0.322 e. The molecule has 1 fully saturated rings. The van der Waals surface area contributed by atoms with Crippen LogP contribution in [0, 0.1) is 0 Å². The number of carboxylic acid groups (broad SMARTS) is 1. The molecule has 1 aromatic heterocycles. The Morgan fingerprint density at radius 3 is 3.19 bits per heavy atom. The Balaban J connectivity index is 2.04. The summed E-state index contributed by atoms with van der Waals surface area (Å²) in [6, 6.07) is -0.476. The number of hydrogen-bond donors (Lipinski definition) is 2. The van der Waals surface area contributed by atoms with E-state index in [2.05, 4.69) is 15.3 Å². The van der Waals surface area contributed by atoms with Crippen molar-refractivity contribution < 1.29 is 9.90 Å². The summed E-state index contributed by atoms with van der Waals surface area (Å²) in [5, 5.41) is 12.1. The summed E-state index contributed by atoms with van der Waals surface area (Å²) in [4.78, 5) is 21.1. The molecule has 0 bridgehead atoms. The molecule has 0 aromatic carbocycles. The maximum atomic E-state index is 11.0. The first-order chi connectivity index (χ1) is 7.77. The van der Waals surface area contributed by atoms with E-state index in [1.165, 1.54) is 0 Å². The summed E-state index contributed by atoms with van der Waals surface area (Å²) < 4.78 is 0. The Morgan fingerprint density at radius 1 is 1.62 bits per heavy atom. The van der Waals surface area contributed by atoms with Gasteiger partial charge in [-0.1, -0.05) is 0 Å². The van der Waals surface area contributed by atoms with Crippen molar-refractivity contribution in [2.75, 3.05) is 19.6 Å². The summed E-state index contributed by atoms with van der Waals surface area (Å²) in [7, 11) is 0. The molecule has 6 nitrogen and oxygen atoms in total. The van der Waals surface area contributed by atoms with Gasteiger partial charge in [0.25, 0.3) is 0 Å². The minimum atomic E-state index is -0.795. The van der Waals surface area contributed by atoms with E-state index in [1.807, 2.05) is 4.90 Å². The summed E-state index contributed by atoms with van der Waals surface area (Å²) in [6.07, 6.45) is 4.89. The minimum Gasteiger partial charge on any atom is -0.480 e. The zero-order valence-corrected chi connectivity index (χ0v) is 8.83. The molecular weight excluding hydrogens is 208 g/mol. The van der Waals surface area contributed by atoms with Gasteiger partial charge in [0, 0.05) is 44.8 Å². The monoisotopic (exact) mass is 222 g/mol. The number of nitrogens with zero attached hydrogens (tertiary/aromatic N) is 3. The van der Waals surface area contributed by atoms with E-state index in [1.54, 1.807) is 18.6 Å². The highest BCUT2D eigenvalue weighted by Crippen LogP contribution is 2.07. The van der Waals surface area contributed by atoms with Crippen molar-refractivity contribution in [3.05, 3.63) is 24.3 Å². The Morgan fingerprint density at radius 2 is 2.50 bits per heavy atom. The molecule has 0 radical (unpaired) electrons. The number of carbonyl (C=O) groups is 1. The van der Waals surface area contributed by atoms with Crippen LogP contribution in [-0.2, 0) is 11.3 Å². The van der Waals surface area contributed by atoms with Gasteiger partial charge in [-0.05, 0) is 0 Å². The lowest BCUT2D eigenvalue weighted by Crippen LogP contribution is -2.54. The van der Waals surface area contributed by atoms with Gasteiger partial charge in [0.1, 0.15) is 6.04 Å². The standard InChI is InChI=1S/C10H14N4O2/c15-10(16)9-6-12-3-4-14(9)7-8-5-11-1-2-13-8/h1-2,5,9,12H,3-4,6-7H2,(H,15,16)/t9-/m0/s1. The van der Waals surface area contributed by atoms with E-state index < -0.39 is 12.0 Å². The molecule has 2 N–H and O–H groups in total. The predicted molar refractivity (Wildman–Crippen MR) is 56.7 cm³/mol. The highest BCUT2D eigenvalue weighted by molar-refractivity contribution is 5.73.